The Hall–Kier alpha value is -2.53. The van der Waals surface area contributed by atoms with Crippen LogP contribution >= 0.6 is 11.6 Å². The molecule has 6 heteroatoms. The van der Waals surface area contributed by atoms with Crippen molar-refractivity contribution in [2.24, 2.45) is 5.10 Å². The summed E-state index contributed by atoms with van der Waals surface area (Å²) in [6.07, 6.45) is 0.950. The Morgan fingerprint density at radius 2 is 1.96 bits per heavy atom. The Labute approximate surface area is 145 Å². The van der Waals surface area contributed by atoms with Gasteiger partial charge in [0, 0.05) is 10.6 Å². The van der Waals surface area contributed by atoms with Crippen molar-refractivity contribution in [2.75, 3.05) is 6.61 Å². The number of benzene rings is 2. The first-order valence-corrected chi connectivity index (χ1v) is 7.91. The molecule has 126 valence electrons. The number of hydrogen-bond donors (Lipinski definition) is 2. The molecule has 0 aliphatic rings. The number of hydrazone groups is 1. The molecule has 0 unspecified atom stereocenters. The van der Waals surface area contributed by atoms with Crippen molar-refractivity contribution in [3.63, 3.8) is 0 Å². The number of hydrogen-bond acceptors (Lipinski definition) is 4. The number of carbonyl (C=O) groups excluding carboxylic acids is 1. The Morgan fingerprint density at radius 1 is 1.25 bits per heavy atom. The summed E-state index contributed by atoms with van der Waals surface area (Å²) in [5, 5.41) is 14.2. The molecule has 0 bridgehead atoms. The van der Waals surface area contributed by atoms with Crippen LogP contribution in [0.4, 0.5) is 0 Å². The highest BCUT2D eigenvalue weighted by Crippen LogP contribution is 2.22. The maximum absolute atomic E-state index is 11.8. The molecule has 0 radical (unpaired) electrons. The first kappa shape index (κ1) is 17.8. The number of halogens is 1. The van der Waals surface area contributed by atoms with Gasteiger partial charge in [-0.05, 0) is 49.2 Å². The van der Waals surface area contributed by atoms with E-state index in [9.17, 15) is 9.90 Å². The van der Waals surface area contributed by atoms with Crippen molar-refractivity contribution in [3.05, 3.63) is 58.6 Å². The van der Waals surface area contributed by atoms with Crippen LogP contribution in [-0.4, -0.2) is 23.3 Å². The lowest BCUT2D eigenvalue weighted by Gasteiger charge is -2.07. The van der Waals surface area contributed by atoms with Gasteiger partial charge in [-0.15, -0.1) is 0 Å². The van der Waals surface area contributed by atoms with E-state index >= 15 is 0 Å². The Balaban J connectivity index is 1.90. The highest BCUT2D eigenvalue weighted by Gasteiger charge is 2.07. The molecule has 0 aliphatic heterocycles. The number of aryl methyl sites for hydroxylation is 1. The lowest BCUT2D eigenvalue weighted by molar-refractivity contribution is -0.123. The summed E-state index contributed by atoms with van der Waals surface area (Å²) in [4.78, 5) is 11.8. The Kier molecular flexibility index (Phi) is 6.21. The number of ether oxygens (including phenoxy) is 1. The summed E-state index contributed by atoms with van der Waals surface area (Å²) >= 11 is 5.89. The topological polar surface area (TPSA) is 70.9 Å². The summed E-state index contributed by atoms with van der Waals surface area (Å²) in [6, 6.07) is 12.2. The van der Waals surface area contributed by atoms with E-state index in [-0.39, 0.29) is 12.4 Å². The van der Waals surface area contributed by atoms with E-state index in [1.807, 2.05) is 24.3 Å². The van der Waals surface area contributed by atoms with Gasteiger partial charge < -0.3 is 9.84 Å². The zero-order chi connectivity index (χ0) is 17.5. The Bertz CT molecular complexity index is 742. The van der Waals surface area contributed by atoms with Crippen molar-refractivity contribution in [1.82, 2.24) is 5.43 Å². The van der Waals surface area contributed by atoms with Gasteiger partial charge in [0.15, 0.2) is 6.61 Å². The molecule has 0 aromatic heterocycles. The van der Waals surface area contributed by atoms with Crippen LogP contribution in [0.3, 0.4) is 0 Å². The molecule has 0 saturated heterocycles. The van der Waals surface area contributed by atoms with Gasteiger partial charge in [-0.2, -0.15) is 5.10 Å². The average Bonchev–Trinajstić information content (AvgIpc) is 2.60. The molecule has 0 saturated carbocycles. The third-order valence-corrected chi connectivity index (χ3v) is 3.63. The minimum absolute atomic E-state index is 0.0437. The standard InChI is InChI=1S/C18H19ClN2O3/c1-3-13-4-7-15(8-5-13)24-11-18(23)21-20-12(2)16-10-14(19)6-9-17(16)22/h4-10,22H,3,11H2,1-2H3,(H,21,23)/b20-12+. The molecule has 0 heterocycles. The van der Waals surface area contributed by atoms with Gasteiger partial charge >= 0.3 is 0 Å². The van der Waals surface area contributed by atoms with Crippen molar-refractivity contribution < 1.29 is 14.6 Å². The molecule has 2 aromatic carbocycles. The van der Waals surface area contributed by atoms with Crippen molar-refractivity contribution in [3.8, 4) is 11.5 Å². The molecular weight excluding hydrogens is 328 g/mol. The zero-order valence-electron chi connectivity index (χ0n) is 13.5. The van der Waals surface area contributed by atoms with Gasteiger partial charge in [-0.3, -0.25) is 4.79 Å². The number of rotatable bonds is 6. The van der Waals surface area contributed by atoms with Crippen LogP contribution in [-0.2, 0) is 11.2 Å². The number of phenolic OH excluding ortho intramolecular Hbond substituents is 1. The first-order valence-electron chi connectivity index (χ1n) is 7.53. The average molecular weight is 347 g/mol. The lowest BCUT2D eigenvalue weighted by atomic mass is 10.1. The number of amides is 1. The normalized spacial score (nSPS) is 11.2. The second-order valence-electron chi connectivity index (χ2n) is 5.18. The second kappa shape index (κ2) is 8.36. The summed E-state index contributed by atoms with van der Waals surface area (Å²) in [7, 11) is 0. The largest absolute Gasteiger partial charge is 0.507 e. The maximum atomic E-state index is 11.8. The number of aromatic hydroxyl groups is 1. The molecule has 2 aromatic rings. The fourth-order valence-electron chi connectivity index (χ4n) is 2.01. The monoisotopic (exact) mass is 346 g/mol. The summed E-state index contributed by atoms with van der Waals surface area (Å²) in [5.41, 5.74) is 4.49. The predicted molar refractivity (Wildman–Crippen MR) is 94.8 cm³/mol. The van der Waals surface area contributed by atoms with E-state index in [1.54, 1.807) is 19.1 Å². The molecule has 0 aliphatic carbocycles. The number of carbonyl (C=O) groups is 1. The van der Waals surface area contributed by atoms with Gasteiger partial charge in [0.05, 0.1) is 5.71 Å². The molecule has 0 fully saturated rings. The van der Waals surface area contributed by atoms with Crippen LogP contribution in [0, 0.1) is 0 Å². The zero-order valence-corrected chi connectivity index (χ0v) is 14.3. The quantitative estimate of drug-likeness (QED) is 0.621. The summed E-state index contributed by atoms with van der Waals surface area (Å²) in [5.74, 6) is 0.271. The molecule has 1 amide bonds. The summed E-state index contributed by atoms with van der Waals surface area (Å²) < 4.78 is 5.40. The minimum atomic E-state index is -0.393. The molecule has 0 atom stereocenters. The smallest absolute Gasteiger partial charge is 0.277 e. The number of nitrogens with zero attached hydrogens (tertiary/aromatic N) is 1. The predicted octanol–water partition coefficient (Wildman–Crippen LogP) is 3.53. The molecule has 24 heavy (non-hydrogen) atoms. The van der Waals surface area contributed by atoms with Crippen LogP contribution in [0.2, 0.25) is 5.02 Å². The van der Waals surface area contributed by atoms with Crippen LogP contribution < -0.4 is 10.2 Å². The fourth-order valence-corrected chi connectivity index (χ4v) is 2.18. The van der Waals surface area contributed by atoms with Gasteiger partial charge in [0.1, 0.15) is 11.5 Å². The van der Waals surface area contributed by atoms with Crippen molar-refractivity contribution in [1.29, 1.82) is 0 Å². The summed E-state index contributed by atoms with van der Waals surface area (Å²) in [6.45, 7) is 3.58. The fraction of sp³-hybridized carbons (Fsp3) is 0.222. The van der Waals surface area contributed by atoms with E-state index in [0.717, 1.165) is 6.42 Å². The molecule has 2 rings (SSSR count). The molecular formula is C18H19ClN2O3. The van der Waals surface area contributed by atoms with E-state index in [0.29, 0.717) is 22.0 Å². The van der Waals surface area contributed by atoms with Crippen molar-refractivity contribution in [2.45, 2.75) is 20.3 Å². The van der Waals surface area contributed by atoms with Crippen molar-refractivity contribution >= 4 is 23.2 Å². The minimum Gasteiger partial charge on any atom is -0.507 e. The highest BCUT2D eigenvalue weighted by atomic mass is 35.5. The van der Waals surface area contributed by atoms with E-state index in [4.69, 9.17) is 16.3 Å². The Morgan fingerprint density at radius 3 is 2.62 bits per heavy atom. The van der Waals surface area contributed by atoms with Crippen LogP contribution in [0.1, 0.15) is 25.0 Å². The molecule has 5 nitrogen and oxygen atoms in total. The van der Waals surface area contributed by atoms with Crippen LogP contribution in [0.5, 0.6) is 11.5 Å². The third-order valence-electron chi connectivity index (χ3n) is 3.40. The van der Waals surface area contributed by atoms with Gasteiger partial charge in [-0.1, -0.05) is 30.7 Å². The molecule has 0 spiro atoms. The van der Waals surface area contributed by atoms with E-state index in [2.05, 4.69) is 17.5 Å². The van der Waals surface area contributed by atoms with Gasteiger partial charge in [0.2, 0.25) is 0 Å². The lowest BCUT2D eigenvalue weighted by Crippen LogP contribution is -2.25. The van der Waals surface area contributed by atoms with E-state index < -0.39 is 5.91 Å². The maximum Gasteiger partial charge on any atom is 0.277 e. The van der Waals surface area contributed by atoms with Crippen LogP contribution in [0.15, 0.2) is 47.6 Å². The first-order chi connectivity index (χ1) is 11.5. The second-order valence-corrected chi connectivity index (χ2v) is 5.62. The number of nitrogens with one attached hydrogen (secondary N) is 1. The van der Waals surface area contributed by atoms with Gasteiger partial charge in [0.25, 0.3) is 5.91 Å². The van der Waals surface area contributed by atoms with Crippen LogP contribution in [0.25, 0.3) is 0 Å². The highest BCUT2D eigenvalue weighted by molar-refractivity contribution is 6.31. The third kappa shape index (κ3) is 4.99. The molecule has 2 N–H and O–H groups in total. The van der Waals surface area contributed by atoms with E-state index in [1.165, 1.54) is 11.6 Å². The van der Waals surface area contributed by atoms with Gasteiger partial charge in [-0.25, -0.2) is 5.43 Å². The number of phenols is 1. The SMILES string of the molecule is CCc1ccc(OCC(=O)N/N=C(\C)c2cc(Cl)ccc2O)cc1.